The van der Waals surface area contributed by atoms with E-state index < -0.39 is 9.73 Å². The minimum absolute atomic E-state index is 0.0138. The smallest absolute Gasteiger partial charge is 0.317 e. The van der Waals surface area contributed by atoms with Crippen molar-refractivity contribution >= 4 is 27.1 Å². The molecule has 1 aromatic heterocycles. The van der Waals surface area contributed by atoms with Crippen molar-refractivity contribution in [3.8, 4) is 0 Å². The lowest BCUT2D eigenvalue weighted by molar-refractivity contribution is -0.102. The topological polar surface area (TPSA) is 71.0 Å². The fourth-order valence-corrected chi connectivity index (χ4v) is 7.10. The van der Waals surface area contributed by atoms with Crippen LogP contribution in [0.2, 0.25) is 0 Å². The van der Waals surface area contributed by atoms with Gasteiger partial charge in [0.15, 0.2) is 0 Å². The SMILES string of the molecule is CCN=S1(=O)CCC2(CC1)CN(C(=O)N[C@@H]1C[C@H]1c1ccsc1)CCO2. The molecule has 3 aliphatic rings. The summed E-state index contributed by atoms with van der Waals surface area (Å²) in [5.74, 6) is 1.63. The van der Waals surface area contributed by atoms with Crippen molar-refractivity contribution in [2.24, 2.45) is 4.36 Å². The second-order valence-corrected chi connectivity index (χ2v) is 10.9. The van der Waals surface area contributed by atoms with E-state index in [1.165, 1.54) is 5.56 Å². The van der Waals surface area contributed by atoms with E-state index in [2.05, 4.69) is 26.5 Å². The van der Waals surface area contributed by atoms with Crippen LogP contribution in [0.25, 0.3) is 0 Å². The van der Waals surface area contributed by atoms with Crippen LogP contribution in [0.4, 0.5) is 4.79 Å². The number of hydrogen-bond acceptors (Lipinski definition) is 5. The Hall–Kier alpha value is -1.12. The molecule has 6 nitrogen and oxygen atoms in total. The highest BCUT2D eigenvalue weighted by atomic mass is 32.2. The highest BCUT2D eigenvalue weighted by Crippen LogP contribution is 2.42. The summed E-state index contributed by atoms with van der Waals surface area (Å²) in [7, 11) is -2.07. The van der Waals surface area contributed by atoms with Gasteiger partial charge in [-0.1, -0.05) is 0 Å². The van der Waals surface area contributed by atoms with Gasteiger partial charge in [0.05, 0.1) is 18.8 Å². The average Bonchev–Trinajstić information content (AvgIpc) is 3.17. The Kier molecular flexibility index (Phi) is 5.00. The predicted molar refractivity (Wildman–Crippen MR) is 104 cm³/mol. The fourth-order valence-electron chi connectivity index (χ4n) is 4.06. The molecule has 1 aliphatic carbocycles. The van der Waals surface area contributed by atoms with Gasteiger partial charge in [0.2, 0.25) is 0 Å². The molecule has 0 radical (unpaired) electrons. The molecule has 8 heteroatoms. The summed E-state index contributed by atoms with van der Waals surface area (Å²) < 4.78 is 23.0. The molecule has 0 bridgehead atoms. The number of carbonyl (C=O) groups excluding carboxylic acids is 1. The van der Waals surface area contributed by atoms with E-state index in [0.29, 0.717) is 43.7 Å². The Labute approximate surface area is 159 Å². The first-order chi connectivity index (χ1) is 12.5. The zero-order valence-electron chi connectivity index (χ0n) is 15.2. The fraction of sp³-hybridized carbons (Fsp3) is 0.722. The zero-order valence-corrected chi connectivity index (χ0v) is 16.8. The lowest BCUT2D eigenvalue weighted by atomic mass is 9.94. The molecule has 26 heavy (non-hydrogen) atoms. The first kappa shape index (κ1) is 18.3. The third-order valence-corrected chi connectivity index (χ3v) is 8.84. The van der Waals surface area contributed by atoms with Gasteiger partial charge < -0.3 is 15.0 Å². The lowest BCUT2D eigenvalue weighted by Gasteiger charge is -2.45. The third-order valence-electron chi connectivity index (χ3n) is 5.72. The summed E-state index contributed by atoms with van der Waals surface area (Å²) in [6.07, 6.45) is 2.47. The number of nitrogens with zero attached hydrogens (tertiary/aromatic N) is 2. The molecule has 0 unspecified atom stereocenters. The Morgan fingerprint density at radius 2 is 2.31 bits per heavy atom. The van der Waals surface area contributed by atoms with Gasteiger partial charge in [-0.2, -0.15) is 11.3 Å². The molecule has 1 aromatic rings. The molecule has 3 heterocycles. The van der Waals surface area contributed by atoms with Gasteiger partial charge in [-0.15, -0.1) is 0 Å². The van der Waals surface area contributed by atoms with Crippen LogP contribution in [0.1, 0.15) is 37.7 Å². The third kappa shape index (κ3) is 3.77. The van der Waals surface area contributed by atoms with Crippen LogP contribution in [-0.2, 0) is 14.5 Å². The highest BCUT2D eigenvalue weighted by molar-refractivity contribution is 7.93. The van der Waals surface area contributed by atoms with Gasteiger partial charge in [0.25, 0.3) is 0 Å². The van der Waals surface area contributed by atoms with E-state index in [0.717, 1.165) is 19.3 Å². The molecule has 1 spiro atoms. The van der Waals surface area contributed by atoms with E-state index in [1.54, 1.807) is 11.3 Å². The molecule has 1 saturated carbocycles. The van der Waals surface area contributed by atoms with Gasteiger partial charge in [0.1, 0.15) is 0 Å². The normalized spacial score (nSPS) is 36.7. The maximum Gasteiger partial charge on any atom is 0.317 e. The summed E-state index contributed by atoms with van der Waals surface area (Å²) in [4.78, 5) is 14.6. The molecule has 3 fully saturated rings. The summed E-state index contributed by atoms with van der Waals surface area (Å²) in [5, 5.41) is 7.44. The van der Waals surface area contributed by atoms with Crippen LogP contribution >= 0.6 is 11.3 Å². The standard InChI is InChI=1S/C18H27N3O3S2/c1-2-19-26(23)9-4-18(5-10-26)13-21(6-7-24-18)17(22)20-16-11-15(16)14-3-8-25-12-14/h3,8,12,15-16H,2,4-7,9-11,13H2,1H3,(H,20,22)/t15-,16+,18?,26?/m0/s1. The van der Waals surface area contributed by atoms with Crippen molar-refractivity contribution in [1.82, 2.24) is 10.2 Å². The number of carbonyl (C=O) groups is 1. The number of urea groups is 1. The monoisotopic (exact) mass is 397 g/mol. The molecule has 0 aromatic carbocycles. The summed E-state index contributed by atoms with van der Waals surface area (Å²) in [5.41, 5.74) is 0.997. The summed E-state index contributed by atoms with van der Waals surface area (Å²) in [6.45, 7) is 4.31. The molecular formula is C18H27N3O3S2. The van der Waals surface area contributed by atoms with Crippen LogP contribution in [0, 0.1) is 0 Å². The molecule has 4 rings (SSSR count). The average molecular weight is 398 g/mol. The number of thiophene rings is 1. The number of nitrogens with one attached hydrogen (secondary N) is 1. The van der Waals surface area contributed by atoms with Crippen molar-refractivity contribution in [2.75, 3.05) is 37.7 Å². The van der Waals surface area contributed by atoms with Crippen molar-refractivity contribution in [3.63, 3.8) is 0 Å². The molecule has 1 N–H and O–H groups in total. The molecule has 2 atom stereocenters. The molecular weight excluding hydrogens is 370 g/mol. The Bertz CT molecular complexity index is 757. The van der Waals surface area contributed by atoms with E-state index in [9.17, 15) is 9.00 Å². The number of morpholine rings is 1. The Morgan fingerprint density at radius 3 is 3.00 bits per heavy atom. The second kappa shape index (κ2) is 7.13. The minimum Gasteiger partial charge on any atom is -0.371 e. The highest BCUT2D eigenvalue weighted by Gasteiger charge is 2.44. The summed E-state index contributed by atoms with van der Waals surface area (Å²) >= 11 is 1.70. The van der Waals surface area contributed by atoms with Crippen molar-refractivity contribution in [3.05, 3.63) is 22.4 Å². The van der Waals surface area contributed by atoms with Gasteiger partial charge in [-0.05, 0) is 48.6 Å². The first-order valence-corrected chi connectivity index (χ1v) is 12.2. The van der Waals surface area contributed by atoms with Crippen molar-refractivity contribution in [2.45, 2.75) is 43.7 Å². The maximum absolute atomic E-state index is 12.7. The van der Waals surface area contributed by atoms with E-state index in [4.69, 9.17) is 4.74 Å². The molecule has 2 aliphatic heterocycles. The Balaban J connectivity index is 1.33. The number of rotatable bonds is 3. The lowest BCUT2D eigenvalue weighted by Crippen LogP contribution is -2.58. The zero-order chi connectivity index (χ0) is 18.2. The van der Waals surface area contributed by atoms with Gasteiger partial charge >= 0.3 is 6.03 Å². The van der Waals surface area contributed by atoms with Crippen LogP contribution in [0.15, 0.2) is 21.2 Å². The van der Waals surface area contributed by atoms with Crippen LogP contribution in [-0.4, -0.2) is 64.5 Å². The molecule has 2 saturated heterocycles. The van der Waals surface area contributed by atoms with Crippen molar-refractivity contribution < 1.29 is 13.7 Å². The van der Waals surface area contributed by atoms with Crippen LogP contribution in [0.3, 0.4) is 0 Å². The minimum atomic E-state index is -2.07. The largest absolute Gasteiger partial charge is 0.371 e. The first-order valence-electron chi connectivity index (χ1n) is 9.42. The molecule has 2 amide bonds. The van der Waals surface area contributed by atoms with Crippen LogP contribution < -0.4 is 5.32 Å². The van der Waals surface area contributed by atoms with Gasteiger partial charge in [-0.3, -0.25) is 0 Å². The van der Waals surface area contributed by atoms with Crippen molar-refractivity contribution in [1.29, 1.82) is 0 Å². The predicted octanol–water partition coefficient (Wildman–Crippen LogP) is 2.67. The number of hydrogen-bond donors (Lipinski definition) is 1. The van der Waals surface area contributed by atoms with Gasteiger partial charge in [-0.25, -0.2) is 13.4 Å². The number of ether oxygens (including phenoxy) is 1. The number of amides is 2. The van der Waals surface area contributed by atoms with E-state index >= 15 is 0 Å². The summed E-state index contributed by atoms with van der Waals surface area (Å²) in [6, 6.07) is 2.41. The van der Waals surface area contributed by atoms with Gasteiger partial charge in [0, 0.05) is 46.3 Å². The maximum atomic E-state index is 12.7. The molecule has 144 valence electrons. The second-order valence-electron chi connectivity index (χ2n) is 7.53. The van der Waals surface area contributed by atoms with Crippen LogP contribution in [0.5, 0.6) is 0 Å². The quantitative estimate of drug-likeness (QED) is 0.852. The Morgan fingerprint density at radius 1 is 1.50 bits per heavy atom. The van der Waals surface area contributed by atoms with E-state index in [1.807, 2.05) is 11.8 Å². The van der Waals surface area contributed by atoms with E-state index in [-0.39, 0.29) is 17.7 Å².